The van der Waals surface area contributed by atoms with Crippen LogP contribution in [0.4, 0.5) is 0 Å². The highest BCUT2D eigenvalue weighted by atomic mass is 14.7. The van der Waals surface area contributed by atoms with E-state index in [-0.39, 0.29) is 0 Å². The van der Waals surface area contributed by atoms with Crippen LogP contribution in [0.25, 0.3) is 0 Å². The molecule has 0 fully saturated rings. The standard InChI is InChI=1S/C9H10N2/c1-9-3-2-5-10-7-8-11-6-4-9/h2-8H,1H3. The molecule has 0 spiro atoms. The Balaban J connectivity index is 3.11. The first kappa shape index (κ1) is 7.66. The third-order valence-electron chi connectivity index (χ3n) is 1.19. The molecular formula is C9H10N2. The molecule has 0 amide bonds. The van der Waals surface area contributed by atoms with E-state index in [1.807, 2.05) is 25.1 Å². The minimum Gasteiger partial charge on any atom is -0.263 e. The van der Waals surface area contributed by atoms with E-state index in [9.17, 15) is 0 Å². The Morgan fingerprint density at radius 1 is 0.909 bits per heavy atom. The van der Waals surface area contributed by atoms with Crippen LogP contribution in [0.15, 0.2) is 43.0 Å². The van der Waals surface area contributed by atoms with Crippen LogP contribution in [0, 0.1) is 6.92 Å². The molecule has 0 unspecified atom stereocenters. The maximum absolute atomic E-state index is 3.95. The molecular weight excluding hydrogens is 136 g/mol. The minimum atomic E-state index is 1.16. The molecule has 0 radical (unpaired) electrons. The fourth-order valence-electron chi connectivity index (χ4n) is 0.637. The molecule has 0 aliphatic heterocycles. The van der Waals surface area contributed by atoms with Crippen LogP contribution in [-0.4, -0.2) is 9.97 Å². The van der Waals surface area contributed by atoms with E-state index < -0.39 is 0 Å². The Labute approximate surface area is 66.3 Å². The monoisotopic (exact) mass is 146 g/mol. The van der Waals surface area contributed by atoms with Gasteiger partial charge in [0.1, 0.15) is 0 Å². The second-order valence-corrected chi connectivity index (χ2v) is 2.16. The quantitative estimate of drug-likeness (QED) is 0.558. The van der Waals surface area contributed by atoms with Gasteiger partial charge in [0.05, 0.1) is 0 Å². The van der Waals surface area contributed by atoms with Gasteiger partial charge in [-0.15, -0.1) is 0 Å². The van der Waals surface area contributed by atoms with Crippen molar-refractivity contribution in [3.63, 3.8) is 0 Å². The van der Waals surface area contributed by atoms with Gasteiger partial charge in [-0.1, -0.05) is 6.07 Å². The summed E-state index contributed by atoms with van der Waals surface area (Å²) in [5.41, 5.74) is 1.16. The largest absolute Gasteiger partial charge is 0.263 e. The van der Waals surface area contributed by atoms with Gasteiger partial charge in [-0.3, -0.25) is 9.97 Å². The van der Waals surface area contributed by atoms with Gasteiger partial charge in [0.15, 0.2) is 0 Å². The molecule has 0 aliphatic carbocycles. The maximum Gasteiger partial charge on any atom is 0.0450 e. The van der Waals surface area contributed by atoms with Crippen LogP contribution in [0.5, 0.6) is 0 Å². The van der Waals surface area contributed by atoms with Gasteiger partial charge >= 0.3 is 0 Å². The van der Waals surface area contributed by atoms with Gasteiger partial charge < -0.3 is 0 Å². The summed E-state index contributed by atoms with van der Waals surface area (Å²) >= 11 is 0. The van der Waals surface area contributed by atoms with E-state index in [4.69, 9.17) is 0 Å². The summed E-state index contributed by atoms with van der Waals surface area (Å²) in [7, 11) is 0. The lowest BCUT2D eigenvalue weighted by atomic mass is 10.3. The molecule has 0 bridgehead atoms. The van der Waals surface area contributed by atoms with Gasteiger partial charge in [-0.05, 0) is 24.6 Å². The summed E-state index contributed by atoms with van der Waals surface area (Å²) in [6.07, 6.45) is 6.78. The molecule has 0 N–H and O–H groups in total. The molecule has 1 aromatic heterocycles. The Morgan fingerprint density at radius 3 is 2.45 bits per heavy atom. The first-order chi connectivity index (χ1) is 5.39. The first-order valence-electron chi connectivity index (χ1n) is 3.44. The number of rotatable bonds is 0. The van der Waals surface area contributed by atoms with Gasteiger partial charge in [0.25, 0.3) is 0 Å². The molecule has 0 saturated heterocycles. The average Bonchev–Trinajstić information content (AvgIpc) is 2.03. The van der Waals surface area contributed by atoms with Crippen molar-refractivity contribution >= 4 is 0 Å². The molecule has 56 valence electrons. The van der Waals surface area contributed by atoms with Gasteiger partial charge in [-0.2, -0.15) is 0 Å². The van der Waals surface area contributed by atoms with Gasteiger partial charge in [0, 0.05) is 24.8 Å². The fraction of sp³-hybridized carbons (Fsp3) is 0.111. The SMILES string of the molecule is Cc1cccnccncc1. The van der Waals surface area contributed by atoms with E-state index in [2.05, 4.69) is 9.97 Å². The predicted molar refractivity (Wildman–Crippen MR) is 44.4 cm³/mol. The van der Waals surface area contributed by atoms with Crippen molar-refractivity contribution in [3.8, 4) is 0 Å². The summed E-state index contributed by atoms with van der Waals surface area (Å²) in [6.45, 7) is 2.02. The van der Waals surface area contributed by atoms with Gasteiger partial charge in [-0.25, -0.2) is 0 Å². The summed E-state index contributed by atoms with van der Waals surface area (Å²) in [4.78, 5) is 7.89. The number of nitrogens with zero attached hydrogens (tertiary/aromatic N) is 2. The Bertz CT molecular complexity index is 245. The first-order valence-corrected chi connectivity index (χ1v) is 3.44. The summed E-state index contributed by atoms with van der Waals surface area (Å²) < 4.78 is 0. The Hall–Kier alpha value is -1.44. The molecule has 0 atom stereocenters. The lowest BCUT2D eigenvalue weighted by molar-refractivity contribution is 1.26. The molecule has 0 saturated carbocycles. The smallest absolute Gasteiger partial charge is 0.0450 e. The highest BCUT2D eigenvalue weighted by molar-refractivity contribution is 5.04. The zero-order valence-corrected chi connectivity index (χ0v) is 6.44. The molecule has 11 heavy (non-hydrogen) atoms. The predicted octanol–water partition coefficient (Wildman–Crippen LogP) is 1.91. The van der Waals surface area contributed by atoms with Crippen molar-refractivity contribution in [3.05, 3.63) is 48.5 Å². The summed E-state index contributed by atoms with van der Waals surface area (Å²) in [6, 6.07) is 5.82. The van der Waals surface area contributed by atoms with Crippen LogP contribution >= 0.6 is 0 Å². The lowest BCUT2D eigenvalue weighted by Gasteiger charge is -1.79. The molecule has 1 aromatic rings. The number of hydrogen-bond donors (Lipinski definition) is 0. The zero-order valence-electron chi connectivity index (χ0n) is 6.44. The second kappa shape index (κ2) is 4.39. The number of aromatic nitrogens is 2. The minimum absolute atomic E-state index is 1.16. The van der Waals surface area contributed by atoms with Crippen LogP contribution in [0.2, 0.25) is 0 Å². The van der Waals surface area contributed by atoms with Gasteiger partial charge in [0.2, 0.25) is 0 Å². The highest BCUT2D eigenvalue weighted by Crippen LogP contribution is 1.87. The molecule has 1 heterocycles. The van der Waals surface area contributed by atoms with Crippen LogP contribution in [0.3, 0.4) is 0 Å². The normalized spacial score (nSPS) is 8.45. The van der Waals surface area contributed by atoms with Crippen LogP contribution < -0.4 is 0 Å². The van der Waals surface area contributed by atoms with E-state index >= 15 is 0 Å². The number of aryl methyl sites for hydroxylation is 1. The average molecular weight is 146 g/mol. The zero-order chi connectivity index (χ0) is 7.94. The Morgan fingerprint density at radius 2 is 1.64 bits per heavy atom. The van der Waals surface area contributed by atoms with Crippen molar-refractivity contribution in [1.29, 1.82) is 0 Å². The Kier molecular flexibility index (Phi) is 3.06. The second-order valence-electron chi connectivity index (χ2n) is 2.16. The highest BCUT2D eigenvalue weighted by Gasteiger charge is 1.70. The topological polar surface area (TPSA) is 25.8 Å². The van der Waals surface area contributed by atoms with Crippen molar-refractivity contribution < 1.29 is 0 Å². The van der Waals surface area contributed by atoms with E-state index in [1.54, 1.807) is 24.8 Å². The van der Waals surface area contributed by atoms with Crippen molar-refractivity contribution in [2.75, 3.05) is 0 Å². The summed E-state index contributed by atoms with van der Waals surface area (Å²) in [5.74, 6) is 0. The van der Waals surface area contributed by atoms with E-state index in [1.165, 1.54) is 0 Å². The van der Waals surface area contributed by atoms with Crippen LogP contribution in [0.1, 0.15) is 5.56 Å². The van der Waals surface area contributed by atoms with Crippen molar-refractivity contribution in [2.45, 2.75) is 6.92 Å². The fourth-order valence-corrected chi connectivity index (χ4v) is 0.637. The summed E-state index contributed by atoms with van der Waals surface area (Å²) in [5, 5.41) is 0. The molecule has 0 aromatic carbocycles. The number of hydrogen-bond acceptors (Lipinski definition) is 2. The lowest BCUT2D eigenvalue weighted by Crippen LogP contribution is -1.66. The van der Waals surface area contributed by atoms with E-state index in [0.29, 0.717) is 0 Å². The van der Waals surface area contributed by atoms with Crippen molar-refractivity contribution in [2.24, 2.45) is 0 Å². The van der Waals surface area contributed by atoms with Crippen molar-refractivity contribution in [1.82, 2.24) is 9.97 Å². The third-order valence-corrected chi connectivity index (χ3v) is 1.19. The molecule has 1 rings (SSSR count). The third kappa shape index (κ3) is 3.30. The maximum atomic E-state index is 3.95. The molecule has 0 aliphatic rings. The van der Waals surface area contributed by atoms with Crippen LogP contribution in [-0.2, 0) is 0 Å². The molecule has 2 heteroatoms. The molecule has 2 nitrogen and oxygen atoms in total. The van der Waals surface area contributed by atoms with E-state index in [0.717, 1.165) is 5.56 Å².